The summed E-state index contributed by atoms with van der Waals surface area (Å²) in [5, 5.41) is 1.02. The van der Waals surface area contributed by atoms with Crippen LogP contribution < -0.4 is 0 Å². The van der Waals surface area contributed by atoms with Crippen molar-refractivity contribution in [3.05, 3.63) is 0 Å². The smallest absolute Gasteiger partial charge is 0.410 e. The number of halogens is 1. The highest BCUT2D eigenvalue weighted by molar-refractivity contribution is 9.09. The van der Waals surface area contributed by atoms with Crippen LogP contribution >= 0.6 is 15.9 Å². The number of piperidine rings is 1. The van der Waals surface area contributed by atoms with Crippen molar-refractivity contribution in [2.75, 3.05) is 18.4 Å². The van der Waals surface area contributed by atoms with E-state index in [0.29, 0.717) is 5.92 Å². The fourth-order valence-electron chi connectivity index (χ4n) is 1.90. The number of rotatable bonds is 3. The molecule has 1 aliphatic rings. The Hall–Kier alpha value is -0.250. The molecule has 0 aromatic carbocycles. The number of carbonyl (C=O) groups is 1. The zero-order valence-corrected chi connectivity index (χ0v) is 11.1. The molecule has 88 valence electrons. The van der Waals surface area contributed by atoms with Gasteiger partial charge in [-0.2, -0.15) is 0 Å². The van der Waals surface area contributed by atoms with Crippen LogP contribution in [0.3, 0.4) is 0 Å². The summed E-state index contributed by atoms with van der Waals surface area (Å²) in [6.45, 7) is 5.48. The molecule has 0 saturated carbocycles. The third kappa shape index (κ3) is 4.41. The number of hydrogen-bond donors (Lipinski definition) is 0. The zero-order chi connectivity index (χ0) is 11.3. The lowest BCUT2D eigenvalue weighted by Gasteiger charge is -2.32. The SMILES string of the molecule is CC(C)OC(=O)N1CCCC(CCBr)C1. The Kier molecular flexibility index (Phi) is 5.43. The van der Waals surface area contributed by atoms with Crippen molar-refractivity contribution in [3.63, 3.8) is 0 Å². The van der Waals surface area contributed by atoms with Crippen molar-refractivity contribution < 1.29 is 9.53 Å². The van der Waals surface area contributed by atoms with Crippen LogP contribution in [0.15, 0.2) is 0 Å². The van der Waals surface area contributed by atoms with Crippen molar-refractivity contribution in [1.82, 2.24) is 4.90 Å². The number of ether oxygens (including phenoxy) is 1. The molecule has 1 unspecified atom stereocenters. The summed E-state index contributed by atoms with van der Waals surface area (Å²) in [5.74, 6) is 0.637. The van der Waals surface area contributed by atoms with Crippen LogP contribution in [0.4, 0.5) is 4.79 Å². The van der Waals surface area contributed by atoms with Crippen molar-refractivity contribution in [2.45, 2.75) is 39.2 Å². The van der Waals surface area contributed by atoms with Crippen LogP contribution in [0.2, 0.25) is 0 Å². The van der Waals surface area contributed by atoms with Gasteiger partial charge in [0.25, 0.3) is 0 Å². The molecule has 1 amide bonds. The molecule has 1 fully saturated rings. The summed E-state index contributed by atoms with van der Waals surface area (Å²) in [4.78, 5) is 13.5. The van der Waals surface area contributed by atoms with Gasteiger partial charge in [-0.15, -0.1) is 0 Å². The Morgan fingerprint density at radius 2 is 2.33 bits per heavy atom. The van der Waals surface area contributed by atoms with E-state index in [1.165, 1.54) is 6.42 Å². The van der Waals surface area contributed by atoms with E-state index >= 15 is 0 Å². The molecule has 0 spiro atoms. The Labute approximate surface area is 100 Å². The molecular weight excluding hydrogens is 258 g/mol. The maximum absolute atomic E-state index is 11.7. The third-order valence-electron chi connectivity index (χ3n) is 2.63. The van der Waals surface area contributed by atoms with Crippen molar-refractivity contribution in [3.8, 4) is 0 Å². The molecule has 0 N–H and O–H groups in total. The van der Waals surface area contributed by atoms with Gasteiger partial charge in [-0.3, -0.25) is 0 Å². The van der Waals surface area contributed by atoms with E-state index in [-0.39, 0.29) is 12.2 Å². The molecular formula is C11H20BrNO2. The molecule has 0 aromatic rings. The first-order valence-electron chi connectivity index (χ1n) is 5.65. The van der Waals surface area contributed by atoms with E-state index in [0.717, 1.165) is 31.3 Å². The second kappa shape index (κ2) is 6.36. The van der Waals surface area contributed by atoms with Gasteiger partial charge in [-0.1, -0.05) is 15.9 Å². The topological polar surface area (TPSA) is 29.5 Å². The molecule has 15 heavy (non-hydrogen) atoms. The Balaban J connectivity index is 2.38. The minimum Gasteiger partial charge on any atom is -0.447 e. The van der Waals surface area contributed by atoms with Gasteiger partial charge in [0, 0.05) is 18.4 Å². The standard InChI is InChI=1S/C11H20BrNO2/c1-9(2)15-11(14)13-7-3-4-10(8-13)5-6-12/h9-10H,3-8H2,1-2H3. The molecule has 1 heterocycles. The van der Waals surface area contributed by atoms with Gasteiger partial charge in [0.1, 0.15) is 0 Å². The number of alkyl halides is 1. The van der Waals surface area contributed by atoms with Crippen LogP contribution in [0.25, 0.3) is 0 Å². The van der Waals surface area contributed by atoms with E-state index < -0.39 is 0 Å². The van der Waals surface area contributed by atoms with Crippen molar-refractivity contribution >= 4 is 22.0 Å². The molecule has 0 radical (unpaired) electrons. The number of nitrogens with zero attached hydrogens (tertiary/aromatic N) is 1. The van der Waals surface area contributed by atoms with Crippen LogP contribution in [-0.4, -0.2) is 35.5 Å². The number of likely N-dealkylation sites (tertiary alicyclic amines) is 1. The Morgan fingerprint density at radius 3 is 2.93 bits per heavy atom. The second-order valence-electron chi connectivity index (χ2n) is 4.36. The van der Waals surface area contributed by atoms with Gasteiger partial charge in [-0.25, -0.2) is 4.79 Å². The summed E-state index contributed by atoms with van der Waals surface area (Å²) in [5.41, 5.74) is 0. The highest BCUT2D eigenvalue weighted by atomic mass is 79.9. The maximum atomic E-state index is 11.7. The number of carbonyl (C=O) groups excluding carboxylic acids is 1. The summed E-state index contributed by atoms with van der Waals surface area (Å²) >= 11 is 3.45. The fraction of sp³-hybridized carbons (Fsp3) is 0.909. The molecule has 3 nitrogen and oxygen atoms in total. The summed E-state index contributed by atoms with van der Waals surface area (Å²) in [7, 11) is 0. The van der Waals surface area contributed by atoms with Crippen molar-refractivity contribution in [1.29, 1.82) is 0 Å². The van der Waals surface area contributed by atoms with E-state index in [1.807, 2.05) is 18.7 Å². The molecule has 0 bridgehead atoms. The average molecular weight is 278 g/mol. The monoisotopic (exact) mass is 277 g/mol. The largest absolute Gasteiger partial charge is 0.447 e. The fourth-order valence-corrected chi connectivity index (χ4v) is 2.54. The third-order valence-corrected chi connectivity index (χ3v) is 3.09. The van der Waals surface area contributed by atoms with E-state index in [4.69, 9.17) is 4.74 Å². The molecule has 1 aliphatic heterocycles. The van der Waals surface area contributed by atoms with Gasteiger partial charge >= 0.3 is 6.09 Å². The molecule has 1 saturated heterocycles. The predicted molar refractivity (Wildman–Crippen MR) is 64.3 cm³/mol. The molecule has 4 heteroatoms. The highest BCUT2D eigenvalue weighted by Gasteiger charge is 2.24. The van der Waals surface area contributed by atoms with Gasteiger partial charge in [-0.05, 0) is 39.0 Å². The summed E-state index contributed by atoms with van der Waals surface area (Å²) < 4.78 is 5.19. The van der Waals surface area contributed by atoms with E-state index in [9.17, 15) is 4.79 Å². The molecule has 0 aliphatic carbocycles. The highest BCUT2D eigenvalue weighted by Crippen LogP contribution is 2.21. The normalized spacial score (nSPS) is 21.9. The van der Waals surface area contributed by atoms with Crippen LogP contribution in [0.1, 0.15) is 33.1 Å². The van der Waals surface area contributed by atoms with Crippen LogP contribution in [-0.2, 0) is 4.74 Å². The molecule has 1 atom stereocenters. The quantitative estimate of drug-likeness (QED) is 0.743. The average Bonchev–Trinajstić information content (AvgIpc) is 2.17. The van der Waals surface area contributed by atoms with Gasteiger partial charge < -0.3 is 9.64 Å². The predicted octanol–water partition coefficient (Wildman–Crippen LogP) is 3.03. The number of amides is 1. The summed E-state index contributed by atoms with van der Waals surface area (Å²) in [6, 6.07) is 0. The lowest BCUT2D eigenvalue weighted by atomic mass is 9.96. The van der Waals surface area contributed by atoms with Gasteiger partial charge in [0.15, 0.2) is 0 Å². The first-order chi connectivity index (χ1) is 7.13. The second-order valence-corrected chi connectivity index (χ2v) is 5.16. The molecule has 0 aromatic heterocycles. The first kappa shape index (κ1) is 12.8. The number of hydrogen-bond acceptors (Lipinski definition) is 2. The lowest BCUT2D eigenvalue weighted by Crippen LogP contribution is -2.41. The zero-order valence-electron chi connectivity index (χ0n) is 9.54. The minimum absolute atomic E-state index is 0.0194. The Bertz CT molecular complexity index is 207. The minimum atomic E-state index is -0.149. The molecule has 1 rings (SSSR count). The maximum Gasteiger partial charge on any atom is 0.410 e. The van der Waals surface area contributed by atoms with Gasteiger partial charge in [0.2, 0.25) is 0 Å². The lowest BCUT2D eigenvalue weighted by molar-refractivity contribution is 0.0624. The van der Waals surface area contributed by atoms with Crippen LogP contribution in [0.5, 0.6) is 0 Å². The van der Waals surface area contributed by atoms with Gasteiger partial charge in [0.05, 0.1) is 6.10 Å². The van der Waals surface area contributed by atoms with E-state index in [2.05, 4.69) is 15.9 Å². The Morgan fingerprint density at radius 1 is 1.60 bits per heavy atom. The van der Waals surface area contributed by atoms with Crippen molar-refractivity contribution in [2.24, 2.45) is 5.92 Å². The first-order valence-corrected chi connectivity index (χ1v) is 6.77. The summed E-state index contributed by atoms with van der Waals surface area (Å²) in [6.07, 6.45) is 3.31. The van der Waals surface area contributed by atoms with E-state index in [1.54, 1.807) is 0 Å². The van der Waals surface area contributed by atoms with Crippen LogP contribution in [0, 0.1) is 5.92 Å².